The highest BCUT2D eigenvalue weighted by atomic mass is 16.3. The number of benzene rings is 9. The quantitative estimate of drug-likeness (QED) is 0.166. The smallest absolute Gasteiger partial charge is 0.136 e. The number of fused-ring (bicyclic) bond motifs is 5. The fraction of sp³-hybridized carbons (Fsp3) is 0. The minimum Gasteiger partial charge on any atom is -0.456 e. The van der Waals surface area contributed by atoms with Crippen LogP contribution in [-0.4, -0.2) is 0 Å². The van der Waals surface area contributed by atoms with Crippen molar-refractivity contribution in [3.05, 3.63) is 212 Å². The zero-order valence-corrected chi connectivity index (χ0v) is 29.6. The van der Waals surface area contributed by atoms with Crippen LogP contribution in [0.4, 0.5) is 17.1 Å². The predicted octanol–water partition coefficient (Wildman–Crippen LogP) is 14.9. The summed E-state index contributed by atoms with van der Waals surface area (Å²) in [6, 6.07) is 75.8. The maximum Gasteiger partial charge on any atom is 0.136 e. The van der Waals surface area contributed by atoms with E-state index in [1.165, 1.54) is 49.9 Å². The van der Waals surface area contributed by atoms with E-state index < -0.39 is 0 Å². The van der Waals surface area contributed by atoms with Crippen LogP contribution >= 0.6 is 0 Å². The molecule has 0 aliphatic carbocycles. The van der Waals surface area contributed by atoms with Gasteiger partial charge in [-0.3, -0.25) is 0 Å². The second-order valence-corrected chi connectivity index (χ2v) is 13.8. The first-order chi connectivity index (χ1) is 26.7. The Kier molecular flexibility index (Phi) is 7.85. The Balaban J connectivity index is 1.09. The fourth-order valence-corrected chi connectivity index (χ4v) is 7.70. The molecular weight excluding hydrogens is 655 g/mol. The Hall–Kier alpha value is -7.16. The second kappa shape index (κ2) is 13.4. The highest BCUT2D eigenvalue weighted by Gasteiger charge is 2.17. The number of furan rings is 1. The topological polar surface area (TPSA) is 16.4 Å². The van der Waals surface area contributed by atoms with Crippen molar-refractivity contribution in [2.45, 2.75) is 0 Å². The molecule has 0 radical (unpaired) electrons. The molecule has 2 nitrogen and oxygen atoms in total. The summed E-state index contributed by atoms with van der Waals surface area (Å²) in [7, 11) is 0. The highest BCUT2D eigenvalue weighted by Crippen LogP contribution is 2.42. The molecule has 0 unspecified atom stereocenters. The lowest BCUT2D eigenvalue weighted by Gasteiger charge is -2.26. The first-order valence-corrected chi connectivity index (χ1v) is 18.4. The van der Waals surface area contributed by atoms with Gasteiger partial charge in [0.15, 0.2) is 0 Å². The average molecular weight is 690 g/mol. The Labute approximate surface area is 314 Å². The summed E-state index contributed by atoms with van der Waals surface area (Å²) in [5, 5.41) is 4.59. The lowest BCUT2D eigenvalue weighted by molar-refractivity contribution is 0.669. The normalized spacial score (nSPS) is 11.3. The predicted molar refractivity (Wildman–Crippen MR) is 228 cm³/mol. The Bertz CT molecular complexity index is 2880. The molecule has 254 valence electrons. The molecule has 10 aromatic rings. The van der Waals surface area contributed by atoms with Crippen molar-refractivity contribution in [3.63, 3.8) is 0 Å². The monoisotopic (exact) mass is 689 g/mol. The van der Waals surface area contributed by atoms with Crippen molar-refractivity contribution in [1.82, 2.24) is 0 Å². The van der Waals surface area contributed by atoms with Gasteiger partial charge in [-0.05, 0) is 110 Å². The van der Waals surface area contributed by atoms with Crippen molar-refractivity contribution < 1.29 is 4.42 Å². The summed E-state index contributed by atoms with van der Waals surface area (Å²) >= 11 is 0. The molecule has 0 saturated heterocycles. The molecular formula is C52H35NO. The second-order valence-electron chi connectivity index (χ2n) is 13.8. The molecule has 0 spiro atoms. The van der Waals surface area contributed by atoms with Crippen LogP contribution in [0, 0.1) is 0 Å². The van der Waals surface area contributed by atoms with Crippen molar-refractivity contribution in [2.24, 2.45) is 0 Å². The van der Waals surface area contributed by atoms with Gasteiger partial charge in [0.2, 0.25) is 0 Å². The van der Waals surface area contributed by atoms with Gasteiger partial charge < -0.3 is 9.32 Å². The van der Waals surface area contributed by atoms with E-state index in [9.17, 15) is 0 Å². The van der Waals surface area contributed by atoms with Gasteiger partial charge in [0.05, 0.1) is 0 Å². The summed E-state index contributed by atoms with van der Waals surface area (Å²) in [5.41, 5.74) is 14.6. The zero-order valence-electron chi connectivity index (χ0n) is 29.6. The van der Waals surface area contributed by atoms with E-state index in [2.05, 4.69) is 217 Å². The van der Waals surface area contributed by atoms with E-state index >= 15 is 0 Å². The minimum atomic E-state index is 0.890. The number of hydrogen-bond donors (Lipinski definition) is 0. The SMILES string of the molecule is c1ccc(-c2ccc(-c3ccc(N(c4ccc(-c5ccccc5)cc4)c4ccc5ccc6oc7ccc(-c8ccccc8)cc7c6c5c4)cc3)cc2)cc1. The van der Waals surface area contributed by atoms with E-state index in [1.807, 2.05) is 0 Å². The van der Waals surface area contributed by atoms with E-state index in [4.69, 9.17) is 4.42 Å². The molecule has 0 saturated carbocycles. The standard InChI is InChI=1S/C52H35NO/c1-4-10-36(11-5-1)39-16-18-40(19-17-39)42-22-29-46(30-23-42)53(45-27-20-41(21-28-45)37-12-6-2-7-13-37)47-31-24-43-25-33-51-52(48(43)35-47)49-34-44(26-32-50(49)54-51)38-14-8-3-9-15-38/h1-35H. The van der Waals surface area contributed by atoms with Gasteiger partial charge in [0, 0.05) is 27.8 Å². The van der Waals surface area contributed by atoms with Gasteiger partial charge in [0.25, 0.3) is 0 Å². The minimum absolute atomic E-state index is 0.890. The molecule has 2 heteroatoms. The maximum absolute atomic E-state index is 6.45. The maximum atomic E-state index is 6.45. The van der Waals surface area contributed by atoms with Gasteiger partial charge >= 0.3 is 0 Å². The summed E-state index contributed by atoms with van der Waals surface area (Å²) in [4.78, 5) is 2.35. The van der Waals surface area contributed by atoms with Crippen molar-refractivity contribution >= 4 is 49.8 Å². The van der Waals surface area contributed by atoms with E-state index in [1.54, 1.807) is 0 Å². The van der Waals surface area contributed by atoms with Crippen LogP contribution in [0.15, 0.2) is 217 Å². The summed E-state index contributed by atoms with van der Waals surface area (Å²) in [6.07, 6.45) is 0. The van der Waals surface area contributed by atoms with E-state index in [0.29, 0.717) is 0 Å². The first kappa shape index (κ1) is 31.6. The number of hydrogen-bond acceptors (Lipinski definition) is 2. The molecule has 0 N–H and O–H groups in total. The summed E-state index contributed by atoms with van der Waals surface area (Å²) in [6.45, 7) is 0. The van der Waals surface area contributed by atoms with Crippen molar-refractivity contribution in [1.29, 1.82) is 0 Å². The Morgan fingerprint density at radius 3 is 1.19 bits per heavy atom. The first-order valence-electron chi connectivity index (χ1n) is 18.4. The summed E-state index contributed by atoms with van der Waals surface area (Å²) < 4.78 is 6.45. The van der Waals surface area contributed by atoms with Gasteiger partial charge in [-0.1, -0.05) is 158 Å². The number of nitrogens with zero attached hydrogens (tertiary/aromatic N) is 1. The van der Waals surface area contributed by atoms with Crippen LogP contribution in [0.1, 0.15) is 0 Å². The summed E-state index contributed by atoms with van der Waals surface area (Å²) in [5.74, 6) is 0. The molecule has 0 aliphatic rings. The third-order valence-corrected chi connectivity index (χ3v) is 10.5. The van der Waals surface area contributed by atoms with E-state index in [0.717, 1.165) is 44.4 Å². The third kappa shape index (κ3) is 5.81. The van der Waals surface area contributed by atoms with Crippen LogP contribution in [0.3, 0.4) is 0 Å². The Morgan fingerprint density at radius 2 is 0.667 bits per heavy atom. The van der Waals surface area contributed by atoms with Gasteiger partial charge in [0.1, 0.15) is 11.2 Å². The van der Waals surface area contributed by atoms with Crippen LogP contribution in [-0.2, 0) is 0 Å². The van der Waals surface area contributed by atoms with Crippen molar-refractivity contribution in [2.75, 3.05) is 4.90 Å². The molecule has 0 amide bonds. The fourth-order valence-electron chi connectivity index (χ4n) is 7.70. The lowest BCUT2D eigenvalue weighted by atomic mass is 9.99. The largest absolute Gasteiger partial charge is 0.456 e. The molecule has 9 aromatic carbocycles. The average Bonchev–Trinajstić information content (AvgIpc) is 3.64. The Morgan fingerprint density at radius 1 is 0.278 bits per heavy atom. The number of rotatable bonds is 7. The van der Waals surface area contributed by atoms with Crippen LogP contribution in [0.5, 0.6) is 0 Å². The molecule has 54 heavy (non-hydrogen) atoms. The highest BCUT2D eigenvalue weighted by molar-refractivity contribution is 6.20. The van der Waals surface area contributed by atoms with Crippen LogP contribution in [0.25, 0.3) is 77.2 Å². The van der Waals surface area contributed by atoms with Crippen molar-refractivity contribution in [3.8, 4) is 44.5 Å². The molecule has 0 aliphatic heterocycles. The van der Waals surface area contributed by atoms with Gasteiger partial charge in [-0.15, -0.1) is 0 Å². The molecule has 1 aromatic heterocycles. The van der Waals surface area contributed by atoms with Gasteiger partial charge in [-0.25, -0.2) is 0 Å². The third-order valence-electron chi connectivity index (χ3n) is 10.5. The molecule has 0 fully saturated rings. The molecule has 0 atom stereocenters. The van der Waals surface area contributed by atoms with E-state index in [-0.39, 0.29) is 0 Å². The molecule has 0 bridgehead atoms. The lowest BCUT2D eigenvalue weighted by Crippen LogP contribution is -2.09. The van der Waals surface area contributed by atoms with Gasteiger partial charge in [-0.2, -0.15) is 0 Å². The zero-order chi connectivity index (χ0) is 35.8. The van der Waals surface area contributed by atoms with Crippen LogP contribution in [0.2, 0.25) is 0 Å². The molecule has 1 heterocycles. The number of anilines is 3. The van der Waals surface area contributed by atoms with Crippen LogP contribution < -0.4 is 4.90 Å². The molecule has 10 rings (SSSR count).